The van der Waals surface area contributed by atoms with Gasteiger partial charge in [0.05, 0.1) is 5.56 Å². The summed E-state index contributed by atoms with van der Waals surface area (Å²) in [6.07, 6.45) is 3.61. The van der Waals surface area contributed by atoms with E-state index in [-0.39, 0.29) is 16.9 Å². The third-order valence-electron chi connectivity index (χ3n) is 3.72. The van der Waals surface area contributed by atoms with Crippen LogP contribution in [-0.4, -0.2) is 17.4 Å². The molecular formula is C13H17FN2O. The molecule has 1 saturated carbocycles. The number of amides is 1. The first kappa shape index (κ1) is 12.0. The van der Waals surface area contributed by atoms with Crippen molar-refractivity contribution >= 4 is 5.91 Å². The fourth-order valence-corrected chi connectivity index (χ4v) is 2.03. The Labute approximate surface area is 100 Å². The van der Waals surface area contributed by atoms with Gasteiger partial charge in [-0.25, -0.2) is 4.98 Å². The lowest BCUT2D eigenvalue weighted by Crippen LogP contribution is -2.33. The van der Waals surface area contributed by atoms with Gasteiger partial charge in [0, 0.05) is 12.7 Å². The SMILES string of the molecule is CC(C)C1(CNC(=O)c2cccnc2F)CC1. The number of rotatable bonds is 4. The molecule has 1 N–H and O–H groups in total. The highest BCUT2D eigenvalue weighted by Gasteiger charge is 2.45. The molecule has 1 aromatic heterocycles. The number of nitrogens with zero attached hydrogens (tertiary/aromatic N) is 1. The molecule has 0 spiro atoms. The maximum atomic E-state index is 13.3. The van der Waals surface area contributed by atoms with Crippen LogP contribution in [0.2, 0.25) is 0 Å². The Morgan fingerprint density at radius 3 is 2.82 bits per heavy atom. The Hall–Kier alpha value is -1.45. The van der Waals surface area contributed by atoms with Gasteiger partial charge in [0.2, 0.25) is 5.95 Å². The molecule has 0 radical (unpaired) electrons. The van der Waals surface area contributed by atoms with Crippen molar-refractivity contribution in [2.24, 2.45) is 11.3 Å². The molecule has 3 nitrogen and oxygen atoms in total. The third kappa shape index (κ3) is 2.46. The van der Waals surface area contributed by atoms with Crippen LogP contribution in [0, 0.1) is 17.3 Å². The number of halogens is 1. The van der Waals surface area contributed by atoms with Gasteiger partial charge in [0.25, 0.3) is 5.91 Å². The van der Waals surface area contributed by atoms with E-state index in [1.165, 1.54) is 12.3 Å². The normalized spacial score (nSPS) is 16.9. The van der Waals surface area contributed by atoms with Gasteiger partial charge in [-0.05, 0) is 36.3 Å². The first-order chi connectivity index (χ1) is 8.05. The fourth-order valence-electron chi connectivity index (χ4n) is 2.03. The van der Waals surface area contributed by atoms with Gasteiger partial charge in [0.1, 0.15) is 0 Å². The van der Waals surface area contributed by atoms with Crippen molar-refractivity contribution in [1.82, 2.24) is 10.3 Å². The highest BCUT2D eigenvalue weighted by molar-refractivity contribution is 5.94. The van der Waals surface area contributed by atoms with E-state index in [4.69, 9.17) is 0 Å². The first-order valence-corrected chi connectivity index (χ1v) is 5.94. The van der Waals surface area contributed by atoms with Crippen molar-refractivity contribution < 1.29 is 9.18 Å². The molecule has 4 heteroatoms. The predicted octanol–water partition coefficient (Wildman–Crippen LogP) is 2.39. The van der Waals surface area contributed by atoms with Gasteiger partial charge in [-0.3, -0.25) is 4.79 Å². The Morgan fingerprint density at radius 1 is 1.59 bits per heavy atom. The summed E-state index contributed by atoms with van der Waals surface area (Å²) < 4.78 is 13.3. The van der Waals surface area contributed by atoms with Crippen molar-refractivity contribution in [2.45, 2.75) is 26.7 Å². The quantitative estimate of drug-likeness (QED) is 0.815. The molecule has 2 rings (SSSR count). The van der Waals surface area contributed by atoms with Gasteiger partial charge in [-0.15, -0.1) is 0 Å². The Balaban J connectivity index is 1.97. The molecule has 0 unspecified atom stereocenters. The maximum absolute atomic E-state index is 13.3. The number of pyridine rings is 1. The standard InChI is InChI=1S/C13H17FN2O/c1-9(2)13(5-6-13)8-16-12(17)10-4-3-7-15-11(10)14/h3-4,7,9H,5-6,8H2,1-2H3,(H,16,17). The second kappa shape index (κ2) is 4.43. The summed E-state index contributed by atoms with van der Waals surface area (Å²) in [4.78, 5) is 15.2. The second-order valence-corrected chi connectivity index (χ2v) is 5.04. The molecule has 92 valence electrons. The lowest BCUT2D eigenvalue weighted by Gasteiger charge is -2.19. The number of carbonyl (C=O) groups is 1. The molecule has 1 fully saturated rings. The van der Waals surface area contributed by atoms with Gasteiger partial charge >= 0.3 is 0 Å². The molecule has 0 atom stereocenters. The summed E-state index contributed by atoms with van der Waals surface area (Å²) in [6.45, 7) is 4.94. The molecular weight excluding hydrogens is 219 g/mol. The van der Waals surface area contributed by atoms with E-state index in [1.807, 2.05) is 0 Å². The molecule has 1 aliphatic carbocycles. The van der Waals surface area contributed by atoms with Crippen LogP contribution < -0.4 is 5.32 Å². The monoisotopic (exact) mass is 236 g/mol. The summed E-state index contributed by atoms with van der Waals surface area (Å²) in [5, 5.41) is 2.80. The van der Waals surface area contributed by atoms with E-state index in [0.717, 1.165) is 12.8 Å². The fraction of sp³-hybridized carbons (Fsp3) is 0.538. The highest BCUT2D eigenvalue weighted by atomic mass is 19.1. The Kier molecular flexibility index (Phi) is 3.13. The van der Waals surface area contributed by atoms with Crippen molar-refractivity contribution in [3.63, 3.8) is 0 Å². The number of aromatic nitrogens is 1. The molecule has 1 heterocycles. The smallest absolute Gasteiger partial charge is 0.255 e. The Morgan fingerprint density at radius 2 is 2.29 bits per heavy atom. The third-order valence-corrected chi connectivity index (χ3v) is 3.72. The molecule has 1 aliphatic rings. The van der Waals surface area contributed by atoms with Gasteiger partial charge in [-0.1, -0.05) is 13.8 Å². The van der Waals surface area contributed by atoms with Crippen LogP contribution in [0.1, 0.15) is 37.0 Å². The van der Waals surface area contributed by atoms with Gasteiger partial charge in [-0.2, -0.15) is 4.39 Å². The maximum Gasteiger partial charge on any atom is 0.255 e. The summed E-state index contributed by atoms with van der Waals surface area (Å²) in [5.41, 5.74) is 0.251. The van der Waals surface area contributed by atoms with Crippen LogP contribution in [0.4, 0.5) is 4.39 Å². The average molecular weight is 236 g/mol. The lowest BCUT2D eigenvalue weighted by atomic mass is 9.92. The van der Waals surface area contributed by atoms with E-state index in [0.29, 0.717) is 12.5 Å². The van der Waals surface area contributed by atoms with Crippen molar-refractivity contribution in [2.75, 3.05) is 6.54 Å². The Bertz CT molecular complexity index is 427. The minimum atomic E-state index is -0.709. The van der Waals surface area contributed by atoms with Crippen molar-refractivity contribution in [1.29, 1.82) is 0 Å². The minimum Gasteiger partial charge on any atom is -0.351 e. The van der Waals surface area contributed by atoms with Gasteiger partial charge in [0.15, 0.2) is 0 Å². The highest BCUT2D eigenvalue weighted by Crippen LogP contribution is 2.51. The number of hydrogen-bond acceptors (Lipinski definition) is 2. The van der Waals surface area contributed by atoms with Crippen LogP contribution in [0.5, 0.6) is 0 Å². The first-order valence-electron chi connectivity index (χ1n) is 5.94. The van der Waals surface area contributed by atoms with E-state index < -0.39 is 5.95 Å². The molecule has 0 aromatic carbocycles. The predicted molar refractivity (Wildman–Crippen MR) is 63.0 cm³/mol. The molecule has 1 aromatic rings. The van der Waals surface area contributed by atoms with Crippen LogP contribution >= 0.6 is 0 Å². The summed E-state index contributed by atoms with van der Waals surface area (Å²) >= 11 is 0. The van der Waals surface area contributed by atoms with Crippen molar-refractivity contribution in [3.8, 4) is 0 Å². The molecule has 17 heavy (non-hydrogen) atoms. The zero-order valence-corrected chi connectivity index (χ0v) is 10.2. The van der Waals surface area contributed by atoms with E-state index in [9.17, 15) is 9.18 Å². The number of carbonyl (C=O) groups excluding carboxylic acids is 1. The topological polar surface area (TPSA) is 42.0 Å². The summed E-state index contributed by atoms with van der Waals surface area (Å²) in [6, 6.07) is 3.01. The van der Waals surface area contributed by atoms with Crippen LogP contribution in [0.15, 0.2) is 18.3 Å². The number of hydrogen-bond donors (Lipinski definition) is 1. The van der Waals surface area contributed by atoms with Crippen LogP contribution in [0.3, 0.4) is 0 Å². The lowest BCUT2D eigenvalue weighted by molar-refractivity contribution is 0.0935. The van der Waals surface area contributed by atoms with E-state index in [1.54, 1.807) is 6.07 Å². The van der Waals surface area contributed by atoms with E-state index in [2.05, 4.69) is 24.1 Å². The summed E-state index contributed by atoms with van der Waals surface area (Å²) in [5.74, 6) is -0.538. The zero-order valence-electron chi connectivity index (χ0n) is 10.2. The molecule has 0 bridgehead atoms. The average Bonchev–Trinajstić information content (AvgIpc) is 3.07. The largest absolute Gasteiger partial charge is 0.351 e. The van der Waals surface area contributed by atoms with Crippen LogP contribution in [0.25, 0.3) is 0 Å². The zero-order chi connectivity index (χ0) is 12.5. The molecule has 0 aliphatic heterocycles. The second-order valence-electron chi connectivity index (χ2n) is 5.04. The summed E-state index contributed by atoms with van der Waals surface area (Å²) in [7, 11) is 0. The molecule has 0 saturated heterocycles. The number of nitrogens with one attached hydrogen (secondary N) is 1. The molecule has 1 amide bonds. The van der Waals surface area contributed by atoms with Crippen LogP contribution in [-0.2, 0) is 0 Å². The van der Waals surface area contributed by atoms with Gasteiger partial charge < -0.3 is 5.32 Å². The minimum absolute atomic E-state index is 0.0204. The van der Waals surface area contributed by atoms with Crippen molar-refractivity contribution in [3.05, 3.63) is 29.8 Å². The van der Waals surface area contributed by atoms with E-state index >= 15 is 0 Å².